The van der Waals surface area contributed by atoms with Crippen molar-refractivity contribution in [3.63, 3.8) is 0 Å². The molecule has 94 valence electrons. The zero-order valence-electron chi connectivity index (χ0n) is 10.1. The Morgan fingerprint density at radius 1 is 1.22 bits per heavy atom. The molecule has 0 heterocycles. The minimum Gasteiger partial charge on any atom is -0.497 e. The second-order valence-electron chi connectivity index (χ2n) is 4.24. The van der Waals surface area contributed by atoms with Gasteiger partial charge in [0.25, 0.3) is 0 Å². The molecule has 0 aliphatic heterocycles. The minimum atomic E-state index is -0.911. The Balaban J connectivity index is 2.55. The van der Waals surface area contributed by atoms with Gasteiger partial charge in [-0.15, -0.1) is 0 Å². The number of rotatable bonds is 3. The van der Waals surface area contributed by atoms with Crippen LogP contribution >= 0.6 is 22.6 Å². The van der Waals surface area contributed by atoms with Gasteiger partial charge in [0, 0.05) is 0 Å². The van der Waals surface area contributed by atoms with E-state index < -0.39 is 9.39 Å². The maximum Gasteiger partial charge on any atom is 0.323 e. The molecule has 0 spiro atoms. The summed E-state index contributed by atoms with van der Waals surface area (Å²) in [5.74, 6) is -0.0401. The molecule has 0 bridgehead atoms. The smallest absolute Gasteiger partial charge is 0.323 e. The van der Waals surface area contributed by atoms with E-state index in [1.165, 1.54) is 0 Å². The van der Waals surface area contributed by atoms with Crippen molar-refractivity contribution in [2.24, 2.45) is 0 Å². The van der Waals surface area contributed by atoms with Crippen molar-refractivity contribution >= 4 is 39.3 Å². The Morgan fingerprint density at radius 2 is 1.83 bits per heavy atom. The molecule has 3 nitrogen and oxygen atoms in total. The van der Waals surface area contributed by atoms with Gasteiger partial charge in [-0.05, 0) is 41.5 Å². The van der Waals surface area contributed by atoms with E-state index >= 15 is 0 Å². The molecule has 1 N–H and O–H groups in total. The van der Waals surface area contributed by atoms with Crippen molar-refractivity contribution in [3.8, 4) is 5.75 Å². The van der Waals surface area contributed by atoms with Crippen LogP contribution in [0.3, 0.4) is 0 Å². The van der Waals surface area contributed by atoms with Gasteiger partial charge in [0.2, 0.25) is 0 Å². The van der Waals surface area contributed by atoms with Crippen LogP contribution in [0.2, 0.25) is 0 Å². The number of hydrogen-bond acceptors (Lipinski definition) is 2. The van der Waals surface area contributed by atoms with Gasteiger partial charge >= 0.3 is 5.97 Å². The summed E-state index contributed by atoms with van der Waals surface area (Å²) in [6.07, 6.45) is 0. The van der Waals surface area contributed by atoms with Crippen molar-refractivity contribution in [2.45, 2.75) is 10.3 Å². The first-order chi connectivity index (χ1) is 8.45. The van der Waals surface area contributed by atoms with Gasteiger partial charge < -0.3 is 9.84 Å². The number of carboxylic acid groups (broad SMARTS) is 1. The summed E-state index contributed by atoms with van der Waals surface area (Å²) in [7, 11) is 1.63. The van der Waals surface area contributed by atoms with Gasteiger partial charge in [0.1, 0.15) is 9.17 Å². The van der Waals surface area contributed by atoms with Crippen LogP contribution in [0, 0.1) is 0 Å². The molecule has 1 atom stereocenters. The van der Waals surface area contributed by atoms with Crippen molar-refractivity contribution in [3.05, 3.63) is 42.0 Å². The molecule has 2 aromatic carbocycles. The molecule has 18 heavy (non-hydrogen) atoms. The lowest BCUT2D eigenvalue weighted by molar-refractivity contribution is -0.139. The predicted octanol–water partition coefficient (Wildman–Crippen LogP) is 3.58. The predicted molar refractivity (Wildman–Crippen MR) is 79.5 cm³/mol. The molecule has 2 rings (SSSR count). The molecule has 1 unspecified atom stereocenters. The Labute approximate surface area is 119 Å². The fourth-order valence-corrected chi connectivity index (χ4v) is 2.10. The first-order valence-corrected chi connectivity index (χ1v) is 6.53. The average Bonchev–Trinajstić information content (AvgIpc) is 2.37. The molecule has 0 saturated heterocycles. The molecule has 0 saturated carbocycles. The van der Waals surface area contributed by atoms with E-state index in [2.05, 4.69) is 0 Å². The highest BCUT2D eigenvalue weighted by molar-refractivity contribution is 14.1. The fourth-order valence-electron chi connectivity index (χ4n) is 1.77. The van der Waals surface area contributed by atoms with E-state index in [-0.39, 0.29) is 0 Å². The van der Waals surface area contributed by atoms with E-state index in [0.29, 0.717) is 0 Å². The van der Waals surface area contributed by atoms with Crippen molar-refractivity contribution < 1.29 is 14.6 Å². The van der Waals surface area contributed by atoms with Crippen LogP contribution in [0.15, 0.2) is 36.4 Å². The van der Waals surface area contributed by atoms with E-state index in [9.17, 15) is 9.90 Å². The Bertz CT molecular complexity index is 605. The minimum absolute atomic E-state index is 0.785. The lowest BCUT2D eigenvalue weighted by atomic mass is 9.98. The van der Waals surface area contributed by atoms with E-state index in [1.807, 2.05) is 59.0 Å². The third kappa shape index (κ3) is 2.29. The second-order valence-corrected chi connectivity index (χ2v) is 6.39. The number of carboxylic acids is 1. The monoisotopic (exact) mass is 356 g/mol. The summed E-state index contributed by atoms with van der Waals surface area (Å²) in [5.41, 5.74) is 0.785. The molecule has 0 aliphatic rings. The third-order valence-corrected chi connectivity index (χ3v) is 4.08. The van der Waals surface area contributed by atoms with Crippen LogP contribution in [0.4, 0.5) is 0 Å². The summed E-state index contributed by atoms with van der Waals surface area (Å²) in [6.45, 7) is 1.70. The van der Waals surface area contributed by atoms with Crippen LogP contribution < -0.4 is 4.74 Å². The van der Waals surface area contributed by atoms with Crippen molar-refractivity contribution in [1.29, 1.82) is 0 Å². The van der Waals surface area contributed by atoms with Gasteiger partial charge in [-0.2, -0.15) is 0 Å². The molecule has 0 fully saturated rings. The van der Waals surface area contributed by atoms with Gasteiger partial charge in [-0.1, -0.05) is 40.8 Å². The standard InChI is InChI=1S/C14H13IO3/c1-14(15,13(16)17)11-5-3-10-8-12(18-2)6-4-9(10)7-11/h3-8H,1-2H3,(H,16,17). The van der Waals surface area contributed by atoms with Gasteiger partial charge in [0.05, 0.1) is 7.11 Å². The zero-order valence-corrected chi connectivity index (χ0v) is 12.3. The maximum absolute atomic E-state index is 11.2. The molecule has 2 aromatic rings. The molecule has 4 heteroatoms. The number of aliphatic carboxylic acids is 1. The van der Waals surface area contributed by atoms with Crippen molar-refractivity contribution in [1.82, 2.24) is 0 Å². The van der Waals surface area contributed by atoms with Gasteiger partial charge in [0.15, 0.2) is 0 Å². The highest BCUT2D eigenvalue weighted by Gasteiger charge is 2.31. The number of hydrogen-bond donors (Lipinski definition) is 1. The summed E-state index contributed by atoms with van der Waals surface area (Å²) in [6, 6.07) is 11.4. The summed E-state index contributed by atoms with van der Waals surface area (Å²) in [4.78, 5) is 11.2. The number of benzene rings is 2. The Hall–Kier alpha value is -1.30. The van der Waals surface area contributed by atoms with Crippen LogP contribution in [-0.4, -0.2) is 18.2 Å². The van der Waals surface area contributed by atoms with Crippen LogP contribution in [0.1, 0.15) is 12.5 Å². The highest BCUT2D eigenvalue weighted by Crippen LogP contribution is 2.34. The second kappa shape index (κ2) is 4.76. The lowest BCUT2D eigenvalue weighted by Gasteiger charge is -2.18. The summed E-state index contributed by atoms with van der Waals surface area (Å²) < 4.78 is 4.25. The molecule has 0 amide bonds. The topological polar surface area (TPSA) is 46.5 Å². The maximum atomic E-state index is 11.2. The Kier molecular flexibility index (Phi) is 3.47. The number of fused-ring (bicyclic) bond motifs is 1. The highest BCUT2D eigenvalue weighted by atomic mass is 127. The molecule has 0 aliphatic carbocycles. The summed E-state index contributed by atoms with van der Waals surface area (Å²) in [5, 5.41) is 11.3. The fraction of sp³-hybridized carbons (Fsp3) is 0.214. The quantitative estimate of drug-likeness (QED) is 0.676. The van der Waals surface area contributed by atoms with E-state index in [0.717, 1.165) is 22.1 Å². The van der Waals surface area contributed by atoms with E-state index in [4.69, 9.17) is 4.74 Å². The lowest BCUT2D eigenvalue weighted by Crippen LogP contribution is -2.24. The first kappa shape index (κ1) is 13.1. The zero-order chi connectivity index (χ0) is 13.3. The number of carbonyl (C=O) groups is 1. The van der Waals surface area contributed by atoms with Gasteiger partial charge in [-0.25, -0.2) is 0 Å². The van der Waals surface area contributed by atoms with Crippen molar-refractivity contribution in [2.75, 3.05) is 7.11 Å². The third-order valence-electron chi connectivity index (χ3n) is 2.99. The number of methoxy groups -OCH3 is 1. The molecular weight excluding hydrogens is 343 g/mol. The van der Waals surface area contributed by atoms with Gasteiger partial charge in [-0.3, -0.25) is 4.79 Å². The molecular formula is C14H13IO3. The SMILES string of the molecule is COc1ccc2cc(C(C)(I)C(=O)O)ccc2c1. The summed E-state index contributed by atoms with van der Waals surface area (Å²) >= 11 is 1.95. The number of alkyl halides is 1. The largest absolute Gasteiger partial charge is 0.497 e. The molecule has 0 aromatic heterocycles. The first-order valence-electron chi connectivity index (χ1n) is 5.46. The number of halogens is 1. The van der Waals surface area contributed by atoms with Crippen LogP contribution in [-0.2, 0) is 8.22 Å². The molecule has 0 radical (unpaired) electrons. The average molecular weight is 356 g/mol. The van der Waals surface area contributed by atoms with Crippen LogP contribution in [0.5, 0.6) is 5.75 Å². The number of ether oxygens (including phenoxy) is 1. The Morgan fingerprint density at radius 3 is 2.44 bits per heavy atom. The normalized spacial score (nSPS) is 14.2. The van der Waals surface area contributed by atoms with E-state index in [1.54, 1.807) is 14.0 Å². The van der Waals surface area contributed by atoms with Crippen LogP contribution in [0.25, 0.3) is 10.8 Å².